The molecule has 0 aromatic carbocycles. The van der Waals surface area contributed by atoms with E-state index in [1.165, 1.54) is 11.1 Å². The Labute approximate surface area is 154 Å². The van der Waals surface area contributed by atoms with Gasteiger partial charge < -0.3 is 32.3 Å². The fraction of sp³-hybridized carbons (Fsp3) is 0.688. The summed E-state index contributed by atoms with van der Waals surface area (Å²) in [6.45, 7) is 5.43. The first kappa shape index (κ1) is 24.0. The normalized spacial score (nSPS) is 17.7. The van der Waals surface area contributed by atoms with Gasteiger partial charge in [0.2, 0.25) is 11.8 Å². The Morgan fingerprint density at radius 2 is 2.00 bits per heavy atom. The monoisotopic (exact) mass is 372 g/mol. The first-order valence-corrected chi connectivity index (χ1v) is 8.46. The molecule has 0 saturated carbocycles. The van der Waals surface area contributed by atoms with Crippen LogP contribution in [-0.4, -0.2) is 64.7 Å². The van der Waals surface area contributed by atoms with E-state index in [1.54, 1.807) is 6.92 Å². The standard InChI is InChI=1S/C15H28N6O3.CH4O/c1-4-11(22)10(6-16)21(14(24)13(17)8(2)3)9-5-12(23)20-15(18)19-7-9;1-2/h7-8,10-11,13,22H,4-6,16-17H2,1-3H3,(H3,18,19,20,23);2H,1H3. The molecule has 0 bridgehead atoms. The molecule has 10 heteroatoms. The Kier molecular flexibility index (Phi) is 10.7. The molecule has 3 unspecified atom stereocenters. The van der Waals surface area contributed by atoms with E-state index in [9.17, 15) is 14.7 Å². The van der Waals surface area contributed by atoms with Crippen LogP contribution in [0.3, 0.4) is 0 Å². The van der Waals surface area contributed by atoms with Crippen molar-refractivity contribution in [2.45, 2.75) is 51.8 Å². The Morgan fingerprint density at radius 3 is 2.46 bits per heavy atom. The van der Waals surface area contributed by atoms with Crippen molar-refractivity contribution in [3.05, 3.63) is 11.9 Å². The lowest BCUT2D eigenvalue weighted by molar-refractivity contribution is -0.136. The number of nitrogens with one attached hydrogen (secondary N) is 1. The molecule has 1 aliphatic rings. The van der Waals surface area contributed by atoms with Gasteiger partial charge in [0.25, 0.3) is 0 Å². The third-order valence-corrected chi connectivity index (χ3v) is 3.95. The van der Waals surface area contributed by atoms with Crippen LogP contribution >= 0.6 is 0 Å². The zero-order valence-electron chi connectivity index (χ0n) is 15.8. The summed E-state index contributed by atoms with van der Waals surface area (Å²) in [4.78, 5) is 30.0. The summed E-state index contributed by atoms with van der Waals surface area (Å²) in [5.41, 5.74) is 17.6. The molecule has 0 aliphatic carbocycles. The second-order valence-corrected chi connectivity index (χ2v) is 6.12. The zero-order chi connectivity index (χ0) is 20.4. The molecule has 0 saturated heterocycles. The van der Waals surface area contributed by atoms with Gasteiger partial charge in [-0.25, -0.2) is 4.99 Å². The molecule has 1 heterocycles. The van der Waals surface area contributed by atoms with Crippen LogP contribution in [0.5, 0.6) is 0 Å². The van der Waals surface area contributed by atoms with E-state index in [4.69, 9.17) is 22.3 Å². The van der Waals surface area contributed by atoms with Crippen molar-refractivity contribution in [2.24, 2.45) is 28.1 Å². The van der Waals surface area contributed by atoms with Gasteiger partial charge in [0.1, 0.15) is 0 Å². The average molecular weight is 372 g/mol. The van der Waals surface area contributed by atoms with E-state index in [0.29, 0.717) is 12.1 Å². The summed E-state index contributed by atoms with van der Waals surface area (Å²) in [5, 5.41) is 19.7. The van der Waals surface area contributed by atoms with E-state index in [1.807, 2.05) is 13.8 Å². The second-order valence-electron chi connectivity index (χ2n) is 6.12. The lowest BCUT2D eigenvalue weighted by Crippen LogP contribution is -2.56. The predicted molar refractivity (Wildman–Crippen MR) is 99.4 cm³/mol. The topological polar surface area (TPSA) is 180 Å². The number of nitrogens with zero attached hydrogens (tertiary/aromatic N) is 2. The van der Waals surface area contributed by atoms with Crippen LogP contribution in [0.2, 0.25) is 0 Å². The van der Waals surface area contributed by atoms with Crippen LogP contribution in [0.4, 0.5) is 0 Å². The second kappa shape index (κ2) is 11.6. The van der Waals surface area contributed by atoms with Crippen LogP contribution in [-0.2, 0) is 9.59 Å². The Morgan fingerprint density at radius 1 is 1.42 bits per heavy atom. The lowest BCUT2D eigenvalue weighted by Gasteiger charge is -2.37. The third-order valence-electron chi connectivity index (χ3n) is 3.95. The predicted octanol–water partition coefficient (Wildman–Crippen LogP) is -1.82. The molecule has 0 radical (unpaired) electrons. The third kappa shape index (κ3) is 6.37. The maximum Gasteiger partial charge on any atom is 0.244 e. The first-order chi connectivity index (χ1) is 12.2. The number of nitrogens with two attached hydrogens (primary N) is 3. The number of hydrogen-bond donors (Lipinski definition) is 6. The van der Waals surface area contributed by atoms with E-state index in [0.717, 1.165) is 7.11 Å². The van der Waals surface area contributed by atoms with Crippen LogP contribution in [0, 0.1) is 5.92 Å². The van der Waals surface area contributed by atoms with Crippen LogP contribution in [0.1, 0.15) is 33.6 Å². The van der Waals surface area contributed by atoms with Gasteiger partial charge in [0.15, 0.2) is 5.96 Å². The zero-order valence-corrected chi connectivity index (χ0v) is 15.8. The summed E-state index contributed by atoms with van der Waals surface area (Å²) in [7, 11) is 1.00. The number of guanidine groups is 1. The van der Waals surface area contributed by atoms with Crippen molar-refractivity contribution in [3.8, 4) is 0 Å². The van der Waals surface area contributed by atoms with Gasteiger partial charge >= 0.3 is 0 Å². The molecule has 26 heavy (non-hydrogen) atoms. The minimum atomic E-state index is -0.855. The summed E-state index contributed by atoms with van der Waals surface area (Å²) in [6.07, 6.45) is 0.761. The first-order valence-electron chi connectivity index (χ1n) is 8.46. The summed E-state index contributed by atoms with van der Waals surface area (Å²) in [6, 6.07) is -1.50. The molecule has 1 rings (SSSR count). The number of amides is 2. The van der Waals surface area contributed by atoms with E-state index >= 15 is 0 Å². The number of rotatable bonds is 7. The van der Waals surface area contributed by atoms with E-state index in [-0.39, 0.29) is 24.8 Å². The van der Waals surface area contributed by atoms with Gasteiger partial charge in [-0.3, -0.25) is 14.9 Å². The summed E-state index contributed by atoms with van der Waals surface area (Å²) in [5.74, 6) is -0.998. The molecule has 0 fully saturated rings. The highest BCUT2D eigenvalue weighted by Crippen LogP contribution is 2.21. The number of aliphatic hydroxyl groups is 2. The maximum absolute atomic E-state index is 12.9. The number of carbonyl (C=O) groups is 2. The number of carbonyl (C=O) groups excluding carboxylic acids is 2. The van der Waals surface area contributed by atoms with Crippen molar-refractivity contribution in [1.82, 2.24) is 10.2 Å². The number of hydrogen-bond acceptors (Lipinski definition) is 8. The SMILES string of the molecule is CCC(O)C(CN)N(C(=O)C(N)C(C)C)C1=CN=C(N)NC(=O)C1.CO. The smallest absolute Gasteiger partial charge is 0.244 e. The number of aliphatic imine (C=N–C) groups is 1. The van der Waals surface area contributed by atoms with Gasteiger partial charge in [-0.2, -0.15) is 0 Å². The molecule has 0 aromatic rings. The molecule has 0 aromatic heterocycles. The van der Waals surface area contributed by atoms with Crippen molar-refractivity contribution in [1.29, 1.82) is 0 Å². The van der Waals surface area contributed by atoms with Gasteiger partial charge in [0.05, 0.1) is 30.8 Å². The van der Waals surface area contributed by atoms with Crippen LogP contribution in [0.15, 0.2) is 16.9 Å². The summed E-state index contributed by atoms with van der Waals surface area (Å²) >= 11 is 0. The fourth-order valence-corrected chi connectivity index (χ4v) is 2.39. The molecule has 150 valence electrons. The quantitative estimate of drug-likeness (QED) is 0.304. The van der Waals surface area contributed by atoms with E-state index in [2.05, 4.69) is 10.3 Å². The average Bonchev–Trinajstić information content (AvgIpc) is 2.79. The molecule has 10 nitrogen and oxygen atoms in total. The highest BCUT2D eigenvalue weighted by molar-refractivity contribution is 5.98. The van der Waals surface area contributed by atoms with Crippen molar-refractivity contribution < 1.29 is 19.8 Å². The minimum absolute atomic E-state index is 0.0176. The van der Waals surface area contributed by atoms with Gasteiger partial charge in [-0.05, 0) is 12.3 Å². The highest BCUT2D eigenvalue weighted by Gasteiger charge is 2.35. The van der Waals surface area contributed by atoms with Crippen LogP contribution < -0.4 is 22.5 Å². The van der Waals surface area contributed by atoms with Crippen LogP contribution in [0.25, 0.3) is 0 Å². The Balaban J connectivity index is 0.00000301. The van der Waals surface area contributed by atoms with Crippen molar-refractivity contribution in [2.75, 3.05) is 13.7 Å². The Hall–Kier alpha value is -2.01. The minimum Gasteiger partial charge on any atom is -0.400 e. The van der Waals surface area contributed by atoms with Gasteiger partial charge in [0, 0.05) is 19.4 Å². The Bertz CT molecular complexity index is 535. The molecular formula is C16H32N6O4. The number of aliphatic hydroxyl groups excluding tert-OH is 2. The lowest BCUT2D eigenvalue weighted by atomic mass is 9.99. The maximum atomic E-state index is 12.9. The molecule has 0 spiro atoms. The van der Waals surface area contributed by atoms with Gasteiger partial charge in [-0.15, -0.1) is 0 Å². The fourth-order valence-electron chi connectivity index (χ4n) is 2.39. The molecule has 9 N–H and O–H groups in total. The largest absolute Gasteiger partial charge is 0.400 e. The molecule has 3 atom stereocenters. The van der Waals surface area contributed by atoms with Crippen molar-refractivity contribution >= 4 is 17.8 Å². The van der Waals surface area contributed by atoms with E-state index < -0.39 is 30.0 Å². The molecular weight excluding hydrogens is 340 g/mol. The highest BCUT2D eigenvalue weighted by atomic mass is 16.3. The van der Waals surface area contributed by atoms with Crippen molar-refractivity contribution in [3.63, 3.8) is 0 Å². The summed E-state index contributed by atoms with van der Waals surface area (Å²) < 4.78 is 0. The van der Waals surface area contributed by atoms with Gasteiger partial charge in [-0.1, -0.05) is 20.8 Å². The molecule has 1 aliphatic heterocycles. The molecule has 2 amide bonds.